The van der Waals surface area contributed by atoms with Crippen molar-refractivity contribution in [2.45, 2.75) is 6.54 Å². The number of halogens is 2. The predicted molar refractivity (Wildman–Crippen MR) is 94.3 cm³/mol. The van der Waals surface area contributed by atoms with E-state index in [4.69, 9.17) is 4.74 Å². The van der Waals surface area contributed by atoms with Gasteiger partial charge in [-0.25, -0.2) is 8.78 Å². The van der Waals surface area contributed by atoms with Crippen molar-refractivity contribution in [2.75, 3.05) is 13.7 Å². The molecule has 0 saturated carbocycles. The van der Waals surface area contributed by atoms with Gasteiger partial charge in [-0.1, -0.05) is 29.5 Å². The quantitative estimate of drug-likeness (QED) is 0.626. The molecule has 3 aromatic rings. The molecular weight excluding hydrogens is 378 g/mol. The molecule has 3 rings (SSSR count). The first kappa shape index (κ1) is 18.7. The second-order valence-electron chi connectivity index (χ2n) is 5.39. The molecule has 0 radical (unpaired) electrons. The third kappa shape index (κ3) is 4.37. The van der Waals surface area contributed by atoms with Gasteiger partial charge >= 0.3 is 5.97 Å². The molecule has 1 aromatic heterocycles. The van der Waals surface area contributed by atoms with E-state index in [0.29, 0.717) is 11.8 Å². The Labute approximate surface area is 156 Å². The first-order chi connectivity index (χ1) is 13.0. The summed E-state index contributed by atoms with van der Waals surface area (Å²) in [5, 5.41) is 0. The first-order valence-corrected chi connectivity index (χ1v) is 8.60. The van der Waals surface area contributed by atoms with E-state index in [1.807, 2.05) is 0 Å². The molecule has 1 amide bonds. The van der Waals surface area contributed by atoms with E-state index in [2.05, 4.69) is 9.73 Å². The van der Waals surface area contributed by atoms with Gasteiger partial charge in [0.15, 0.2) is 17.2 Å². The molecule has 2 aromatic carbocycles. The normalized spacial score (nSPS) is 11.6. The molecule has 0 N–H and O–H groups in total. The van der Waals surface area contributed by atoms with E-state index in [1.54, 1.807) is 30.3 Å². The molecule has 9 heteroatoms. The molecule has 0 fully saturated rings. The van der Waals surface area contributed by atoms with Crippen LogP contribution < -0.4 is 9.54 Å². The van der Waals surface area contributed by atoms with Crippen LogP contribution in [0.25, 0.3) is 10.2 Å². The zero-order valence-electron chi connectivity index (χ0n) is 14.1. The Kier molecular flexibility index (Phi) is 5.60. The van der Waals surface area contributed by atoms with Gasteiger partial charge in [0.25, 0.3) is 5.91 Å². The lowest BCUT2D eigenvalue weighted by Crippen LogP contribution is -2.24. The number of hydrogen-bond donors (Lipinski definition) is 0. The SMILES string of the molecule is COC(=O)Cn1c(=NC(=O)COc2ccccc2)sc2cc(F)cc(F)c21. The topological polar surface area (TPSA) is 69.9 Å². The number of methoxy groups -OCH3 is 1. The predicted octanol–water partition coefficient (Wildman–Crippen LogP) is 2.66. The van der Waals surface area contributed by atoms with Gasteiger partial charge in [0.2, 0.25) is 0 Å². The Hall–Kier alpha value is -3.07. The monoisotopic (exact) mass is 392 g/mol. The number of para-hydroxylation sites is 1. The van der Waals surface area contributed by atoms with Crippen LogP contribution in [0.1, 0.15) is 0 Å². The number of carbonyl (C=O) groups is 2. The zero-order chi connectivity index (χ0) is 19.4. The third-order valence-corrected chi connectivity index (χ3v) is 4.56. The average Bonchev–Trinajstić information content (AvgIpc) is 2.97. The highest BCUT2D eigenvalue weighted by Gasteiger charge is 2.16. The van der Waals surface area contributed by atoms with Crippen molar-refractivity contribution in [1.29, 1.82) is 0 Å². The molecule has 6 nitrogen and oxygen atoms in total. The van der Waals surface area contributed by atoms with Crippen molar-refractivity contribution in [3.8, 4) is 5.75 Å². The summed E-state index contributed by atoms with van der Waals surface area (Å²) in [6, 6.07) is 10.5. The van der Waals surface area contributed by atoms with Gasteiger partial charge in [0, 0.05) is 6.07 Å². The molecule has 0 aliphatic carbocycles. The van der Waals surface area contributed by atoms with Crippen molar-refractivity contribution in [3.05, 3.63) is 58.9 Å². The summed E-state index contributed by atoms with van der Waals surface area (Å²) in [5.41, 5.74) is -0.0256. The lowest BCUT2D eigenvalue weighted by Gasteiger charge is -2.05. The van der Waals surface area contributed by atoms with Crippen LogP contribution in [-0.4, -0.2) is 30.2 Å². The van der Waals surface area contributed by atoms with E-state index >= 15 is 0 Å². The summed E-state index contributed by atoms with van der Waals surface area (Å²) in [6.45, 7) is -0.710. The fourth-order valence-electron chi connectivity index (χ4n) is 2.36. The minimum Gasteiger partial charge on any atom is -0.484 e. The van der Waals surface area contributed by atoms with Crippen LogP contribution in [-0.2, 0) is 20.9 Å². The fourth-order valence-corrected chi connectivity index (χ4v) is 3.44. The van der Waals surface area contributed by atoms with Gasteiger partial charge in [-0.15, -0.1) is 0 Å². The maximum absolute atomic E-state index is 14.2. The van der Waals surface area contributed by atoms with Crippen LogP contribution in [0.2, 0.25) is 0 Å². The highest BCUT2D eigenvalue weighted by molar-refractivity contribution is 7.16. The highest BCUT2D eigenvalue weighted by Crippen LogP contribution is 2.22. The van der Waals surface area contributed by atoms with Crippen molar-refractivity contribution < 1.29 is 27.8 Å². The van der Waals surface area contributed by atoms with Gasteiger partial charge in [-0.3, -0.25) is 9.59 Å². The van der Waals surface area contributed by atoms with Crippen molar-refractivity contribution in [2.24, 2.45) is 4.99 Å². The van der Waals surface area contributed by atoms with Gasteiger partial charge in [-0.05, 0) is 18.2 Å². The summed E-state index contributed by atoms with van der Waals surface area (Å²) in [6.07, 6.45) is 0. The smallest absolute Gasteiger partial charge is 0.325 e. The van der Waals surface area contributed by atoms with Gasteiger partial charge in [0.05, 0.1) is 17.3 Å². The standard InChI is InChI=1S/C18H14F2N2O4S/c1-25-16(24)9-22-17-13(20)7-11(19)8-14(17)27-18(22)21-15(23)10-26-12-5-3-2-4-6-12/h2-8H,9-10H2,1H3. The number of amides is 1. The second-order valence-corrected chi connectivity index (χ2v) is 6.40. The molecule has 27 heavy (non-hydrogen) atoms. The molecule has 1 heterocycles. The van der Waals surface area contributed by atoms with Gasteiger partial charge < -0.3 is 14.0 Å². The van der Waals surface area contributed by atoms with Crippen molar-refractivity contribution in [1.82, 2.24) is 4.57 Å². The molecule has 0 spiro atoms. The van der Waals surface area contributed by atoms with E-state index in [-0.39, 0.29) is 28.2 Å². The molecule has 0 atom stereocenters. The first-order valence-electron chi connectivity index (χ1n) is 7.78. The number of ether oxygens (including phenoxy) is 2. The van der Waals surface area contributed by atoms with E-state index in [1.165, 1.54) is 11.7 Å². The van der Waals surface area contributed by atoms with E-state index < -0.39 is 23.5 Å². The largest absolute Gasteiger partial charge is 0.484 e. The number of thiazole rings is 1. The molecule has 0 bridgehead atoms. The fraction of sp³-hybridized carbons (Fsp3) is 0.167. The minimum atomic E-state index is -0.861. The maximum Gasteiger partial charge on any atom is 0.325 e. The maximum atomic E-state index is 14.2. The minimum absolute atomic E-state index is 0.0256. The number of benzene rings is 2. The second kappa shape index (κ2) is 8.09. The van der Waals surface area contributed by atoms with Crippen LogP contribution in [0.15, 0.2) is 47.5 Å². The molecule has 0 unspecified atom stereocenters. The number of esters is 1. The van der Waals surface area contributed by atoms with Crippen LogP contribution in [0, 0.1) is 11.6 Å². The number of rotatable bonds is 5. The summed E-state index contributed by atoms with van der Waals surface area (Å²) in [7, 11) is 1.18. The van der Waals surface area contributed by atoms with E-state index in [9.17, 15) is 18.4 Å². The lowest BCUT2D eigenvalue weighted by molar-refractivity contribution is -0.141. The van der Waals surface area contributed by atoms with Crippen molar-refractivity contribution in [3.63, 3.8) is 0 Å². The van der Waals surface area contributed by atoms with Gasteiger partial charge in [-0.2, -0.15) is 4.99 Å². The third-order valence-electron chi connectivity index (χ3n) is 3.54. The number of aromatic nitrogens is 1. The highest BCUT2D eigenvalue weighted by atomic mass is 32.1. The van der Waals surface area contributed by atoms with Gasteiger partial charge in [0.1, 0.15) is 18.1 Å². The van der Waals surface area contributed by atoms with Crippen LogP contribution in [0.3, 0.4) is 0 Å². The summed E-state index contributed by atoms with van der Waals surface area (Å²) in [5.74, 6) is -2.43. The molecule has 0 saturated heterocycles. The van der Waals surface area contributed by atoms with Crippen LogP contribution in [0.4, 0.5) is 8.78 Å². The summed E-state index contributed by atoms with van der Waals surface area (Å²) in [4.78, 5) is 27.7. The zero-order valence-corrected chi connectivity index (χ0v) is 15.0. The Morgan fingerprint density at radius 2 is 1.93 bits per heavy atom. The number of fused-ring (bicyclic) bond motifs is 1. The average molecular weight is 392 g/mol. The Bertz CT molecular complexity index is 1060. The number of nitrogens with zero attached hydrogens (tertiary/aromatic N) is 2. The summed E-state index contributed by atoms with van der Waals surface area (Å²) < 4.78 is 39.0. The molecule has 0 aliphatic rings. The lowest BCUT2D eigenvalue weighted by atomic mass is 10.3. The Morgan fingerprint density at radius 1 is 1.19 bits per heavy atom. The Morgan fingerprint density at radius 3 is 2.63 bits per heavy atom. The summed E-state index contributed by atoms with van der Waals surface area (Å²) >= 11 is 0.887. The molecule has 140 valence electrons. The Balaban J connectivity index is 1.97. The van der Waals surface area contributed by atoms with Crippen molar-refractivity contribution >= 4 is 33.4 Å². The molecule has 0 aliphatic heterocycles. The van der Waals surface area contributed by atoms with Crippen LogP contribution >= 0.6 is 11.3 Å². The van der Waals surface area contributed by atoms with Crippen LogP contribution in [0.5, 0.6) is 5.75 Å². The number of carbonyl (C=O) groups excluding carboxylic acids is 2. The molecular formula is C18H14F2N2O4S. The van der Waals surface area contributed by atoms with E-state index in [0.717, 1.165) is 17.4 Å². The number of hydrogen-bond acceptors (Lipinski definition) is 5.